The highest BCUT2D eigenvalue weighted by Crippen LogP contribution is 2.48. The van der Waals surface area contributed by atoms with E-state index in [0.717, 1.165) is 5.56 Å². The highest BCUT2D eigenvalue weighted by molar-refractivity contribution is 6.30. The van der Waals surface area contributed by atoms with Crippen LogP contribution in [0.15, 0.2) is 59.1 Å². The molecule has 6 heteroatoms. The molecule has 0 saturated heterocycles. The van der Waals surface area contributed by atoms with Crippen molar-refractivity contribution in [2.45, 2.75) is 24.8 Å². The Balaban J connectivity index is 1.49. The third kappa shape index (κ3) is 3.10. The van der Waals surface area contributed by atoms with Gasteiger partial charge in [0.2, 0.25) is 5.91 Å². The Morgan fingerprint density at radius 2 is 1.92 bits per heavy atom. The van der Waals surface area contributed by atoms with E-state index in [1.54, 1.807) is 36.4 Å². The Hall–Kier alpha value is -2.66. The van der Waals surface area contributed by atoms with Gasteiger partial charge in [-0.25, -0.2) is 4.39 Å². The van der Waals surface area contributed by atoms with Crippen LogP contribution in [-0.4, -0.2) is 11.1 Å². The fourth-order valence-corrected chi connectivity index (χ4v) is 3.09. The first kappa shape index (κ1) is 16.8. The fraction of sp³-hybridized carbons (Fsp3) is 0.200. The first-order chi connectivity index (χ1) is 12.6. The third-order valence-electron chi connectivity index (χ3n) is 4.69. The second-order valence-electron chi connectivity index (χ2n) is 6.45. The predicted molar refractivity (Wildman–Crippen MR) is 96.1 cm³/mol. The van der Waals surface area contributed by atoms with Crippen LogP contribution in [0.25, 0.3) is 11.3 Å². The number of halogens is 2. The summed E-state index contributed by atoms with van der Waals surface area (Å²) in [5.74, 6) is -0.150. The smallest absolute Gasteiger partial charge is 0.232 e. The van der Waals surface area contributed by atoms with Crippen molar-refractivity contribution in [1.29, 1.82) is 0 Å². The number of rotatable bonds is 5. The van der Waals surface area contributed by atoms with Gasteiger partial charge in [0.1, 0.15) is 5.82 Å². The molecule has 0 radical (unpaired) electrons. The molecule has 0 unspecified atom stereocenters. The van der Waals surface area contributed by atoms with E-state index >= 15 is 0 Å². The van der Waals surface area contributed by atoms with E-state index in [-0.39, 0.29) is 11.7 Å². The Morgan fingerprint density at radius 3 is 2.62 bits per heavy atom. The number of benzene rings is 2. The largest absolute Gasteiger partial charge is 0.356 e. The maximum absolute atomic E-state index is 13.9. The fourth-order valence-electron chi connectivity index (χ4n) is 2.97. The van der Waals surface area contributed by atoms with Gasteiger partial charge in [-0.1, -0.05) is 41.0 Å². The molecule has 4 rings (SSSR count). The zero-order valence-electron chi connectivity index (χ0n) is 13.8. The molecule has 4 nitrogen and oxygen atoms in total. The van der Waals surface area contributed by atoms with Gasteiger partial charge in [-0.15, -0.1) is 0 Å². The Bertz CT molecular complexity index is 948. The summed E-state index contributed by atoms with van der Waals surface area (Å²) in [6.07, 6.45) is 1.39. The first-order valence-electron chi connectivity index (χ1n) is 8.33. The lowest BCUT2D eigenvalue weighted by molar-refractivity contribution is -0.123. The average molecular weight is 371 g/mol. The van der Waals surface area contributed by atoms with E-state index < -0.39 is 5.41 Å². The molecule has 1 heterocycles. The number of hydrogen-bond donors (Lipinski definition) is 1. The Kier molecular flexibility index (Phi) is 4.24. The number of nitrogens with zero attached hydrogens (tertiary/aromatic N) is 1. The van der Waals surface area contributed by atoms with E-state index in [9.17, 15) is 9.18 Å². The summed E-state index contributed by atoms with van der Waals surface area (Å²) in [6, 6.07) is 15.3. The molecule has 132 valence electrons. The van der Waals surface area contributed by atoms with Crippen LogP contribution in [0.3, 0.4) is 0 Å². The van der Waals surface area contributed by atoms with Gasteiger partial charge in [-0.05, 0) is 42.7 Å². The average Bonchev–Trinajstić information content (AvgIpc) is 3.32. The summed E-state index contributed by atoms with van der Waals surface area (Å²) in [5.41, 5.74) is 1.16. The zero-order valence-corrected chi connectivity index (χ0v) is 14.6. The lowest BCUT2D eigenvalue weighted by Gasteiger charge is -2.12. The molecule has 0 atom stereocenters. The van der Waals surface area contributed by atoms with Crippen molar-refractivity contribution in [3.63, 3.8) is 0 Å². The van der Waals surface area contributed by atoms with Crippen LogP contribution in [0.5, 0.6) is 0 Å². The van der Waals surface area contributed by atoms with Gasteiger partial charge in [0.05, 0.1) is 16.7 Å². The molecule has 26 heavy (non-hydrogen) atoms. The number of carbonyl (C=O) groups excluding carboxylic acids is 1. The summed E-state index contributed by atoms with van der Waals surface area (Å²) >= 11 is 5.87. The van der Waals surface area contributed by atoms with Crippen molar-refractivity contribution in [1.82, 2.24) is 10.5 Å². The van der Waals surface area contributed by atoms with Gasteiger partial charge in [0.25, 0.3) is 0 Å². The summed E-state index contributed by atoms with van der Waals surface area (Å²) in [4.78, 5) is 12.7. The first-order valence-corrected chi connectivity index (χ1v) is 8.71. The zero-order chi connectivity index (χ0) is 18.1. The molecular weight excluding hydrogens is 355 g/mol. The minimum atomic E-state index is -0.681. The van der Waals surface area contributed by atoms with E-state index in [1.165, 1.54) is 6.07 Å². The van der Waals surface area contributed by atoms with E-state index in [4.69, 9.17) is 16.1 Å². The monoisotopic (exact) mass is 370 g/mol. The number of aromatic nitrogens is 1. The van der Waals surface area contributed by atoms with Gasteiger partial charge < -0.3 is 9.84 Å². The van der Waals surface area contributed by atoms with E-state index in [1.807, 2.05) is 12.1 Å². The van der Waals surface area contributed by atoms with Crippen LogP contribution in [0.2, 0.25) is 5.02 Å². The van der Waals surface area contributed by atoms with Crippen LogP contribution >= 0.6 is 11.6 Å². The molecule has 0 aliphatic heterocycles. The predicted octanol–water partition coefficient (Wildman–Crippen LogP) is 4.48. The summed E-state index contributed by atoms with van der Waals surface area (Å²) in [6.45, 7) is 0.412. The normalized spacial score (nSPS) is 14.8. The Labute approximate surface area is 155 Å². The summed E-state index contributed by atoms with van der Waals surface area (Å²) in [7, 11) is 0. The van der Waals surface area contributed by atoms with Crippen molar-refractivity contribution in [3.05, 3.63) is 76.7 Å². The molecule has 1 N–H and O–H groups in total. The van der Waals surface area contributed by atoms with Crippen LogP contribution < -0.4 is 5.32 Å². The summed E-state index contributed by atoms with van der Waals surface area (Å²) < 4.78 is 19.2. The van der Waals surface area contributed by atoms with Crippen LogP contribution in [0.1, 0.15) is 24.1 Å². The SMILES string of the molecule is O=C(NCc1ccc(Cl)cc1)C1(c2cc(-c3ccccc3F)on2)CC1. The third-order valence-corrected chi connectivity index (χ3v) is 4.94. The minimum Gasteiger partial charge on any atom is -0.356 e. The molecule has 1 saturated carbocycles. The molecular formula is C20H16ClFN2O2. The van der Waals surface area contributed by atoms with Crippen LogP contribution in [0.4, 0.5) is 4.39 Å². The number of nitrogens with one attached hydrogen (secondary N) is 1. The molecule has 0 bridgehead atoms. The number of amides is 1. The molecule has 1 aliphatic rings. The highest BCUT2D eigenvalue weighted by atomic mass is 35.5. The molecule has 3 aromatic rings. The molecule has 1 fully saturated rings. The Morgan fingerprint density at radius 1 is 1.19 bits per heavy atom. The molecule has 1 amide bonds. The quantitative estimate of drug-likeness (QED) is 0.720. The van der Waals surface area contributed by atoms with Gasteiger partial charge in [0.15, 0.2) is 5.76 Å². The van der Waals surface area contributed by atoms with Gasteiger partial charge in [0, 0.05) is 17.6 Å². The van der Waals surface area contributed by atoms with Crippen LogP contribution in [0, 0.1) is 5.82 Å². The van der Waals surface area contributed by atoms with Crippen molar-refractivity contribution < 1.29 is 13.7 Å². The highest BCUT2D eigenvalue weighted by Gasteiger charge is 2.53. The van der Waals surface area contributed by atoms with E-state index in [2.05, 4.69) is 10.5 Å². The maximum Gasteiger partial charge on any atom is 0.232 e. The lowest BCUT2D eigenvalue weighted by atomic mass is 10.00. The maximum atomic E-state index is 13.9. The molecule has 1 aliphatic carbocycles. The second-order valence-corrected chi connectivity index (χ2v) is 6.88. The van der Waals surface area contributed by atoms with Crippen molar-refractivity contribution in [2.75, 3.05) is 0 Å². The summed E-state index contributed by atoms with van der Waals surface area (Å²) in [5, 5.41) is 7.63. The van der Waals surface area contributed by atoms with Gasteiger partial charge >= 0.3 is 0 Å². The molecule has 2 aromatic carbocycles. The number of carbonyl (C=O) groups is 1. The van der Waals surface area contributed by atoms with Crippen LogP contribution in [-0.2, 0) is 16.8 Å². The minimum absolute atomic E-state index is 0.0965. The van der Waals surface area contributed by atoms with Gasteiger partial charge in [-0.2, -0.15) is 0 Å². The van der Waals surface area contributed by atoms with Crippen molar-refractivity contribution in [3.8, 4) is 11.3 Å². The molecule has 0 spiro atoms. The van der Waals surface area contributed by atoms with Gasteiger partial charge in [-0.3, -0.25) is 4.79 Å². The standard InChI is InChI=1S/C20H16ClFN2O2/c21-14-7-5-13(6-8-14)12-23-19(25)20(9-10-20)18-11-17(26-24-18)15-3-1-2-4-16(15)22/h1-8,11H,9-10,12H2,(H,23,25). The number of hydrogen-bond acceptors (Lipinski definition) is 3. The topological polar surface area (TPSA) is 55.1 Å². The van der Waals surface area contributed by atoms with Crippen molar-refractivity contribution >= 4 is 17.5 Å². The molecule has 1 aromatic heterocycles. The van der Waals surface area contributed by atoms with Crippen molar-refractivity contribution in [2.24, 2.45) is 0 Å². The second kappa shape index (κ2) is 6.57. The lowest BCUT2D eigenvalue weighted by Crippen LogP contribution is -2.34. The van der Waals surface area contributed by atoms with E-state index in [0.29, 0.717) is 41.4 Å².